The van der Waals surface area contributed by atoms with Crippen LogP contribution in [0.15, 0.2) is 15.7 Å². The second kappa shape index (κ2) is 6.14. The van der Waals surface area contributed by atoms with E-state index < -0.39 is 15.6 Å². The van der Waals surface area contributed by atoms with E-state index in [2.05, 4.69) is 17.0 Å². The van der Waals surface area contributed by atoms with Gasteiger partial charge >= 0.3 is 0 Å². The Morgan fingerprint density at radius 2 is 2.00 bits per heavy atom. The summed E-state index contributed by atoms with van der Waals surface area (Å²) in [5.41, 5.74) is 0.562. The Balaban J connectivity index is 2.73. The molecule has 0 fully saturated rings. The minimum Gasteiger partial charge on any atom is -0.313 e. The van der Waals surface area contributed by atoms with Crippen LogP contribution in [-0.2, 0) is 16.6 Å². The Bertz CT molecular complexity index is 473. The molecule has 6 heteroatoms. The van der Waals surface area contributed by atoms with Gasteiger partial charge in [0, 0.05) is 12.1 Å². The van der Waals surface area contributed by atoms with Gasteiger partial charge in [-0.2, -0.15) is 0 Å². The molecule has 2 N–H and O–H groups in total. The lowest BCUT2D eigenvalue weighted by Crippen LogP contribution is -2.40. The van der Waals surface area contributed by atoms with E-state index >= 15 is 0 Å². The molecule has 0 radical (unpaired) electrons. The molecule has 18 heavy (non-hydrogen) atoms. The minimum atomic E-state index is -3.39. The van der Waals surface area contributed by atoms with E-state index in [4.69, 9.17) is 0 Å². The van der Waals surface area contributed by atoms with Crippen LogP contribution >= 0.6 is 11.3 Å². The molecule has 0 unspecified atom stereocenters. The molecular formula is C12H22N2O2S2. The monoisotopic (exact) mass is 290 g/mol. The van der Waals surface area contributed by atoms with Gasteiger partial charge < -0.3 is 5.32 Å². The fourth-order valence-corrected chi connectivity index (χ4v) is 4.08. The van der Waals surface area contributed by atoms with Gasteiger partial charge in [-0.25, -0.2) is 13.1 Å². The predicted molar refractivity (Wildman–Crippen MR) is 76.4 cm³/mol. The molecule has 0 bridgehead atoms. The molecule has 1 heterocycles. The molecule has 0 amide bonds. The highest BCUT2D eigenvalue weighted by molar-refractivity contribution is 7.91. The van der Waals surface area contributed by atoms with Crippen molar-refractivity contribution in [2.45, 2.75) is 50.4 Å². The van der Waals surface area contributed by atoms with Crippen LogP contribution in [-0.4, -0.2) is 20.5 Å². The highest BCUT2D eigenvalue weighted by Crippen LogP contribution is 2.21. The van der Waals surface area contributed by atoms with Gasteiger partial charge in [-0.1, -0.05) is 6.92 Å². The van der Waals surface area contributed by atoms with E-state index in [0.717, 1.165) is 25.1 Å². The van der Waals surface area contributed by atoms with Crippen LogP contribution in [0.2, 0.25) is 0 Å². The SMILES string of the molecule is CCCNCc1csc(S(=O)(=O)NC(C)(C)C)c1. The Kier molecular flexibility index (Phi) is 5.33. The van der Waals surface area contributed by atoms with Gasteiger partial charge in [-0.15, -0.1) is 11.3 Å². The molecule has 0 aliphatic carbocycles. The maximum atomic E-state index is 12.1. The van der Waals surface area contributed by atoms with Crippen molar-refractivity contribution in [1.29, 1.82) is 0 Å². The molecule has 0 spiro atoms. The highest BCUT2D eigenvalue weighted by Gasteiger charge is 2.23. The van der Waals surface area contributed by atoms with Crippen molar-refractivity contribution in [1.82, 2.24) is 10.0 Å². The third kappa shape index (κ3) is 5.06. The summed E-state index contributed by atoms with van der Waals surface area (Å²) in [5.74, 6) is 0. The maximum Gasteiger partial charge on any atom is 0.250 e. The summed E-state index contributed by atoms with van der Waals surface area (Å²) in [6.45, 7) is 9.27. The average molecular weight is 290 g/mol. The number of hydrogen-bond donors (Lipinski definition) is 2. The van der Waals surface area contributed by atoms with Crippen molar-refractivity contribution in [3.63, 3.8) is 0 Å². The van der Waals surface area contributed by atoms with Crippen LogP contribution in [0, 0.1) is 0 Å². The van der Waals surface area contributed by atoms with Gasteiger partial charge in [-0.05, 0) is 50.7 Å². The van der Waals surface area contributed by atoms with Crippen molar-refractivity contribution in [2.24, 2.45) is 0 Å². The zero-order valence-electron chi connectivity index (χ0n) is 11.4. The molecule has 1 aromatic heterocycles. The predicted octanol–water partition coefficient (Wildman–Crippen LogP) is 2.32. The van der Waals surface area contributed by atoms with Gasteiger partial charge in [0.2, 0.25) is 0 Å². The summed E-state index contributed by atoms with van der Waals surface area (Å²) in [6, 6.07) is 1.74. The summed E-state index contributed by atoms with van der Waals surface area (Å²) >= 11 is 1.26. The van der Waals surface area contributed by atoms with Crippen molar-refractivity contribution in [3.8, 4) is 0 Å². The lowest BCUT2D eigenvalue weighted by Gasteiger charge is -2.19. The van der Waals surface area contributed by atoms with Crippen molar-refractivity contribution >= 4 is 21.4 Å². The van der Waals surface area contributed by atoms with E-state index in [1.165, 1.54) is 11.3 Å². The van der Waals surface area contributed by atoms with Crippen LogP contribution in [0.25, 0.3) is 0 Å². The maximum absolute atomic E-state index is 12.1. The average Bonchev–Trinajstić information content (AvgIpc) is 2.63. The molecule has 0 saturated carbocycles. The van der Waals surface area contributed by atoms with Gasteiger partial charge in [0.25, 0.3) is 10.0 Å². The fourth-order valence-electron chi connectivity index (χ4n) is 1.45. The number of thiophene rings is 1. The first kappa shape index (κ1) is 15.6. The summed E-state index contributed by atoms with van der Waals surface area (Å²) < 4.78 is 27.2. The van der Waals surface area contributed by atoms with Crippen LogP contribution in [0.4, 0.5) is 0 Å². The highest BCUT2D eigenvalue weighted by atomic mass is 32.2. The largest absolute Gasteiger partial charge is 0.313 e. The number of hydrogen-bond acceptors (Lipinski definition) is 4. The van der Waals surface area contributed by atoms with Crippen molar-refractivity contribution < 1.29 is 8.42 Å². The Labute approximate surface area is 114 Å². The normalized spacial score (nSPS) is 12.9. The van der Waals surface area contributed by atoms with E-state index in [1.807, 2.05) is 26.2 Å². The molecule has 0 saturated heterocycles. The van der Waals surface area contributed by atoms with Crippen molar-refractivity contribution in [3.05, 3.63) is 17.0 Å². The molecule has 4 nitrogen and oxygen atoms in total. The fraction of sp³-hybridized carbons (Fsp3) is 0.667. The zero-order chi connectivity index (χ0) is 13.8. The van der Waals surface area contributed by atoms with Crippen molar-refractivity contribution in [2.75, 3.05) is 6.54 Å². The summed E-state index contributed by atoms with van der Waals surface area (Å²) in [7, 11) is -3.39. The standard InChI is InChI=1S/C12H22N2O2S2/c1-5-6-13-8-10-7-11(17-9-10)18(15,16)14-12(2,3)4/h7,9,13-14H,5-6,8H2,1-4H3. The van der Waals surface area contributed by atoms with E-state index in [0.29, 0.717) is 4.21 Å². The van der Waals surface area contributed by atoms with E-state index in [1.54, 1.807) is 6.07 Å². The van der Waals surface area contributed by atoms with Crippen LogP contribution < -0.4 is 10.0 Å². The lowest BCUT2D eigenvalue weighted by atomic mass is 10.1. The number of nitrogens with one attached hydrogen (secondary N) is 2. The third-order valence-electron chi connectivity index (χ3n) is 2.09. The van der Waals surface area contributed by atoms with E-state index in [9.17, 15) is 8.42 Å². The first-order chi connectivity index (χ1) is 8.24. The van der Waals surface area contributed by atoms with Gasteiger partial charge in [0.1, 0.15) is 4.21 Å². The minimum absolute atomic E-state index is 0.380. The quantitative estimate of drug-likeness (QED) is 0.791. The second-order valence-corrected chi connectivity index (χ2v) is 8.13. The van der Waals surface area contributed by atoms with Gasteiger partial charge in [-0.3, -0.25) is 0 Å². The van der Waals surface area contributed by atoms with E-state index in [-0.39, 0.29) is 0 Å². The molecule has 0 aliphatic heterocycles. The molecule has 0 atom stereocenters. The Morgan fingerprint density at radius 1 is 1.33 bits per heavy atom. The molecule has 1 rings (SSSR count). The second-order valence-electron chi connectivity index (χ2n) is 5.31. The lowest BCUT2D eigenvalue weighted by molar-refractivity contribution is 0.492. The summed E-state index contributed by atoms with van der Waals surface area (Å²) in [4.78, 5) is 0. The smallest absolute Gasteiger partial charge is 0.250 e. The number of sulfonamides is 1. The Morgan fingerprint density at radius 3 is 2.56 bits per heavy atom. The third-order valence-corrected chi connectivity index (χ3v) is 5.34. The molecule has 104 valence electrons. The molecule has 0 aliphatic rings. The summed E-state index contributed by atoms with van der Waals surface area (Å²) in [6.07, 6.45) is 1.07. The first-order valence-corrected chi connectivity index (χ1v) is 8.43. The topological polar surface area (TPSA) is 58.2 Å². The van der Waals surface area contributed by atoms with Crippen LogP contribution in [0.3, 0.4) is 0 Å². The summed E-state index contributed by atoms with van der Waals surface area (Å²) in [5, 5.41) is 5.14. The van der Waals surface area contributed by atoms with Gasteiger partial charge in [0.15, 0.2) is 0 Å². The van der Waals surface area contributed by atoms with Crippen LogP contribution in [0.5, 0.6) is 0 Å². The zero-order valence-corrected chi connectivity index (χ0v) is 13.0. The Hall–Kier alpha value is -0.430. The number of rotatable bonds is 6. The molecule has 1 aromatic rings. The van der Waals surface area contributed by atoms with Crippen LogP contribution in [0.1, 0.15) is 39.7 Å². The molecular weight excluding hydrogens is 268 g/mol. The van der Waals surface area contributed by atoms with Gasteiger partial charge in [0.05, 0.1) is 0 Å². The first-order valence-electron chi connectivity index (χ1n) is 6.07. The molecule has 0 aromatic carbocycles.